The first-order valence-corrected chi connectivity index (χ1v) is 1.55. The molecule has 0 amide bonds. The van der Waals surface area contributed by atoms with Crippen molar-refractivity contribution >= 4 is 0 Å². The molecule has 0 fully saturated rings. The van der Waals surface area contributed by atoms with Gasteiger partial charge in [-0.3, -0.25) is 0 Å². The minimum Gasteiger partial charge on any atom is -1.00 e. The molecule has 0 rings (SSSR count). The third kappa shape index (κ3) is 12400. The molecule has 6 nitrogen and oxygen atoms in total. The quantitative estimate of drug-likeness (QED) is 0.471. The number of nitrogens with zero attached hydrogens (tertiary/aromatic N) is 6. The third-order valence-corrected chi connectivity index (χ3v) is 0. The molecule has 0 N–H and O–H groups in total. The van der Waals surface area contributed by atoms with E-state index in [1.807, 2.05) is 0 Å². The molecular weight excluding hydrogens is 306 g/mol. The van der Waals surface area contributed by atoms with Crippen molar-refractivity contribution in [2.24, 2.45) is 0 Å². The summed E-state index contributed by atoms with van der Waals surface area (Å²) in [4.78, 5) is 0. The van der Waals surface area contributed by atoms with Gasteiger partial charge in [-0.15, -0.1) is 0 Å². The molecule has 0 atom stereocenters. The molecule has 0 aromatic heterocycles. The van der Waals surface area contributed by atoms with Gasteiger partial charge in [0, 0.05) is 73.6 Å². The van der Waals surface area contributed by atoms with Crippen LogP contribution in [0.25, 0.3) is 0 Å². The van der Waals surface area contributed by atoms with Crippen LogP contribution in [0.15, 0.2) is 0 Å². The summed E-state index contributed by atoms with van der Waals surface area (Å²) in [7, 11) is 0. The molecule has 77 valence electrons. The monoisotopic (exact) mass is 313 g/mol. The Hall–Kier alpha value is -0.385. The Balaban J connectivity index is -0.00000000321. The zero-order valence-corrected chi connectivity index (χ0v) is 13.3. The van der Waals surface area contributed by atoms with E-state index in [1.165, 1.54) is 0 Å². The molecule has 0 bridgehead atoms. The first-order valence-electron chi connectivity index (χ1n) is 1.55. The normalized spacial score (nSPS) is 0.800. The SMILES string of the molecule is C#N.C#N.C#N.C#N.C#N.C#N.[Fe].[H-].[K+].[Mn]. The molecule has 0 aromatic carbocycles. The molecule has 0 aliphatic heterocycles. The Labute approximate surface area is 156 Å². The van der Waals surface area contributed by atoms with Crippen LogP contribution >= 0.6 is 0 Å². The van der Waals surface area contributed by atoms with E-state index in [0.717, 1.165) is 0 Å². The number of hydrogen-bond acceptors (Lipinski definition) is 6. The third-order valence-electron chi connectivity index (χ3n) is 0. The van der Waals surface area contributed by atoms with Gasteiger partial charge in [0.1, 0.15) is 0 Å². The second-order valence-corrected chi connectivity index (χ2v) is 0. The van der Waals surface area contributed by atoms with Gasteiger partial charge in [0.05, 0.1) is 0 Å². The molecule has 0 heterocycles. The second-order valence-electron chi connectivity index (χ2n) is 0. The Morgan fingerprint density at radius 3 is 0.467 bits per heavy atom. The zero-order valence-electron chi connectivity index (χ0n) is 8.88. The van der Waals surface area contributed by atoms with Gasteiger partial charge in [-0.25, -0.2) is 31.6 Å². The van der Waals surface area contributed by atoms with Gasteiger partial charge in [0.15, 0.2) is 0 Å². The first-order chi connectivity index (χ1) is 6.00. The minimum absolute atomic E-state index is 0. The number of hydrogen-bond donors (Lipinski definition) is 0. The molecule has 0 aliphatic carbocycles. The molecule has 1 radical (unpaired) electrons. The van der Waals surface area contributed by atoms with Crippen LogP contribution in [0.3, 0.4) is 0 Å². The Kier molecular flexibility index (Phi) is 83900. The topological polar surface area (TPSA) is 143 Å². The largest absolute Gasteiger partial charge is 1.00 e. The maximum atomic E-state index is 6.50. The standard InChI is InChI=1S/6CHN.Fe.K.Mn.H/c6*1-2;;;;/h6*1H;;;;/q;;;;;;;+1;;-1. The van der Waals surface area contributed by atoms with Gasteiger partial charge in [-0.05, 0) is 0 Å². The summed E-state index contributed by atoms with van der Waals surface area (Å²) >= 11 is 0. The minimum atomic E-state index is 0. The van der Waals surface area contributed by atoms with Crippen molar-refractivity contribution < 1.29 is 86.9 Å². The van der Waals surface area contributed by atoms with Crippen molar-refractivity contribution in [3.05, 3.63) is 0 Å². The van der Waals surface area contributed by atoms with Crippen LogP contribution in [0.5, 0.6) is 0 Å². The van der Waals surface area contributed by atoms with Gasteiger partial charge < -0.3 is 1.43 Å². The van der Waals surface area contributed by atoms with Gasteiger partial charge in [0.2, 0.25) is 0 Å². The van der Waals surface area contributed by atoms with Gasteiger partial charge in [-0.1, -0.05) is 0 Å². The number of nitriles is 6. The van der Waals surface area contributed by atoms with Crippen LogP contribution in [0.2, 0.25) is 0 Å². The summed E-state index contributed by atoms with van der Waals surface area (Å²) in [5.74, 6) is 0. The summed E-state index contributed by atoms with van der Waals surface area (Å²) in [5.41, 5.74) is 0. The molecule has 0 unspecified atom stereocenters. The van der Waals surface area contributed by atoms with E-state index in [9.17, 15) is 0 Å². The summed E-state index contributed by atoms with van der Waals surface area (Å²) in [6.07, 6.45) is 0. The van der Waals surface area contributed by atoms with Crippen molar-refractivity contribution in [3.8, 4) is 39.4 Å². The van der Waals surface area contributed by atoms with E-state index in [1.54, 1.807) is 0 Å². The Morgan fingerprint density at radius 2 is 0.467 bits per heavy atom. The maximum absolute atomic E-state index is 6.50. The fraction of sp³-hybridized carbons (Fsp3) is 0. The zero-order chi connectivity index (χ0) is 12.0. The molecule has 0 aliphatic rings. The van der Waals surface area contributed by atoms with E-state index in [-0.39, 0.29) is 86.9 Å². The Morgan fingerprint density at radius 1 is 0.467 bits per heavy atom. The Bertz CT molecular complexity index is 108. The summed E-state index contributed by atoms with van der Waals surface area (Å²) in [6, 6.07) is 0. The van der Waals surface area contributed by atoms with Crippen LogP contribution in [0, 0.1) is 71.0 Å². The molecule has 0 saturated carbocycles. The van der Waals surface area contributed by atoms with Crippen molar-refractivity contribution in [3.63, 3.8) is 0 Å². The maximum Gasteiger partial charge on any atom is 1.00 e. The van der Waals surface area contributed by atoms with Crippen LogP contribution in [-0.4, -0.2) is 0 Å². The van der Waals surface area contributed by atoms with E-state index < -0.39 is 0 Å². The van der Waals surface area contributed by atoms with Crippen LogP contribution in [0.1, 0.15) is 1.43 Å². The molecule has 0 spiro atoms. The van der Waals surface area contributed by atoms with Crippen LogP contribution in [-0.2, 0) is 34.1 Å². The smallest absolute Gasteiger partial charge is 1.00 e. The van der Waals surface area contributed by atoms with Crippen molar-refractivity contribution in [2.45, 2.75) is 0 Å². The molecular formula is C6H7FeKMnN6. The first kappa shape index (κ1) is 85.9. The fourth-order valence-corrected chi connectivity index (χ4v) is 0. The van der Waals surface area contributed by atoms with E-state index in [2.05, 4.69) is 39.4 Å². The van der Waals surface area contributed by atoms with E-state index >= 15 is 0 Å². The van der Waals surface area contributed by atoms with Gasteiger partial charge >= 0.3 is 51.4 Å². The average molecular weight is 313 g/mol. The van der Waals surface area contributed by atoms with Gasteiger partial charge in [-0.2, -0.15) is 0 Å². The van der Waals surface area contributed by atoms with Crippen LogP contribution in [0.4, 0.5) is 0 Å². The molecule has 15 heavy (non-hydrogen) atoms. The van der Waals surface area contributed by atoms with Crippen LogP contribution < -0.4 is 51.4 Å². The molecule has 9 heteroatoms. The molecule has 0 aromatic rings. The summed E-state index contributed by atoms with van der Waals surface area (Å²) in [6.45, 7) is 21.0. The summed E-state index contributed by atoms with van der Waals surface area (Å²) in [5, 5.41) is 39.0. The predicted octanol–water partition coefficient (Wildman–Crippen LogP) is -2.05. The molecule has 0 saturated heterocycles. The van der Waals surface area contributed by atoms with Crippen molar-refractivity contribution in [2.75, 3.05) is 0 Å². The van der Waals surface area contributed by atoms with Crippen molar-refractivity contribution in [1.82, 2.24) is 0 Å². The van der Waals surface area contributed by atoms with Gasteiger partial charge in [0.25, 0.3) is 0 Å². The fourth-order valence-electron chi connectivity index (χ4n) is 0. The van der Waals surface area contributed by atoms with Crippen molar-refractivity contribution in [1.29, 1.82) is 31.6 Å². The van der Waals surface area contributed by atoms with E-state index in [0.29, 0.717) is 0 Å². The summed E-state index contributed by atoms with van der Waals surface area (Å²) < 4.78 is 0. The number of rotatable bonds is 0. The van der Waals surface area contributed by atoms with E-state index in [4.69, 9.17) is 31.6 Å². The second kappa shape index (κ2) is 14600. The average Bonchev–Trinajstić information content (AvgIpc) is 2.33. The predicted molar refractivity (Wildman–Crippen MR) is 41.1 cm³/mol.